The molecule has 16 rings (SSSR count). The van der Waals surface area contributed by atoms with Crippen molar-refractivity contribution < 1.29 is 103 Å². The van der Waals surface area contributed by atoms with Crippen LogP contribution in [0.5, 0.6) is 0 Å². The minimum atomic E-state index is -3.54. The average Bonchev–Trinajstić information content (AvgIpc) is 1.61. The van der Waals surface area contributed by atoms with Gasteiger partial charge in [-0.25, -0.2) is 8.42 Å². The molecule has 16 aliphatic carbocycles. The van der Waals surface area contributed by atoms with E-state index in [0.717, 1.165) is 186 Å². The smallest absolute Gasteiger partial charge is 0.392 e. The van der Waals surface area contributed by atoms with Crippen molar-refractivity contribution in [3.8, 4) is 0 Å². The van der Waals surface area contributed by atoms with Gasteiger partial charge < -0.3 is 65.9 Å². The molecule has 16 saturated carbocycles. The predicted octanol–water partition coefficient (Wildman–Crippen LogP) is 11.7. The standard InChI is InChI=1S/C11H20O6S2.C11H20O3S.C9H14N6.3C9H18N2.2C9H16O2.CH3ClO2S.CH3F.CH4.N3.Na.H2/c1-18(12,13)16-9-5-3-7-11(9)8-4-6-10(11)17-19(2,14)15;1-9-5-3-7-11(9)8-4-6-10(11)14-15(2,12)13;10-14-12-7-3-1-5-9(7)6-2-4-8(9)13-15-11;5*10-7-3-1-5-9(7)6-2-4-8(9)11;1-5(2,3)4;1-2;;1-3-2;;/h9-10H,3-8H2,1-2H3;9-10H,3-8H2,1-2H3;7-8H,1-6H2;3*7-8H,1-6,10-11H2;2*7-8,10-11H,1-6H2;1H3;1H3;1H4;;;1H/q;;;;;;;;;;;-1;+1;/t9-,10-,11?;9-,10+,11-;2*7-,8+,9?;2*7-,8-,9?;7-,8+,9?;7-,8-,9?;;;;;;/m11..00.1....../s1/i;;;;;;;;;1D;;;;. The van der Waals surface area contributed by atoms with Crippen LogP contribution in [0.25, 0.3) is 36.9 Å². The van der Waals surface area contributed by atoms with Crippen LogP contribution in [0.1, 0.15) is 325 Å². The Bertz CT molecular complexity index is 3250. The van der Waals surface area contributed by atoms with Crippen molar-refractivity contribution in [1.29, 1.82) is 0 Å². The molecule has 0 aromatic heterocycles. The molecule has 672 valence electrons. The van der Waals surface area contributed by atoms with Crippen LogP contribution in [0.2, 0.25) is 0 Å². The molecular weight excluding hydrogens is 1600 g/mol. The molecule has 0 saturated heterocycles. The van der Waals surface area contributed by atoms with Crippen LogP contribution in [0.15, 0.2) is 10.2 Å². The van der Waals surface area contributed by atoms with E-state index in [4.69, 9.17) is 70.4 Å². The largest absolute Gasteiger partial charge is 1.00 e. The number of aliphatic hydroxyl groups excluding tert-OH is 4. The van der Waals surface area contributed by atoms with Gasteiger partial charge in [-0.1, -0.05) is 134 Å². The minimum absolute atomic E-state index is 0. The second kappa shape index (κ2) is 47.1. The Kier molecular flexibility index (Phi) is 42.6. The van der Waals surface area contributed by atoms with Gasteiger partial charge in [0.15, 0.2) is 0 Å². The zero-order valence-electron chi connectivity index (χ0n) is 71.0. The third kappa shape index (κ3) is 27.0. The summed E-state index contributed by atoms with van der Waals surface area (Å²) in [6.07, 6.45) is 54.5. The second-order valence-corrected chi connectivity index (χ2v) is 44.7. The van der Waals surface area contributed by atoms with Crippen molar-refractivity contribution in [3.63, 3.8) is 0 Å². The van der Waals surface area contributed by atoms with E-state index in [9.17, 15) is 58.5 Å². The van der Waals surface area contributed by atoms with E-state index in [-0.39, 0.29) is 103 Å². The summed E-state index contributed by atoms with van der Waals surface area (Å²) in [5, 5.41) is 46.5. The van der Waals surface area contributed by atoms with Crippen molar-refractivity contribution >= 4 is 50.1 Å². The number of rotatable bonds is 8. The molecule has 116 heavy (non-hydrogen) atoms. The summed E-state index contributed by atoms with van der Waals surface area (Å²) < 4.78 is 118. The Labute approximate surface area is 724 Å². The molecule has 37 heteroatoms. The maximum atomic E-state index is 11.3. The number of halogens is 2. The van der Waals surface area contributed by atoms with Gasteiger partial charge in [-0.2, -0.15) is 25.3 Å². The molecule has 16 aliphatic rings. The normalized spacial score (nSPS) is 37.8. The van der Waals surface area contributed by atoms with E-state index in [1.54, 1.807) is 0 Å². The van der Waals surface area contributed by atoms with Crippen LogP contribution in [-0.2, 0) is 52.0 Å². The number of azide groups is 2. The molecule has 30 nitrogen and oxygen atoms in total. The maximum absolute atomic E-state index is 11.3. The van der Waals surface area contributed by atoms with Crippen LogP contribution in [0.3, 0.4) is 0 Å². The van der Waals surface area contributed by atoms with Gasteiger partial charge in [0, 0.05) is 108 Å². The topological polar surface area (TPSA) is 558 Å². The number of nitrogens with two attached hydrogens (primary N) is 6. The van der Waals surface area contributed by atoms with Gasteiger partial charge in [0.25, 0.3) is 30.4 Å². The molecule has 8 spiro atoms. The van der Waals surface area contributed by atoms with E-state index in [1.165, 1.54) is 140 Å². The fourth-order valence-electron chi connectivity index (χ4n) is 25.1. The van der Waals surface area contributed by atoms with Crippen molar-refractivity contribution in [1.82, 2.24) is 0 Å². The number of alkyl halides is 1. The Hall–Kier alpha value is -1.57. The Morgan fingerprint density at radius 3 is 0.750 bits per heavy atom. The molecule has 20 atom stereocenters. The fourth-order valence-corrected chi connectivity index (χ4v) is 27.2. The molecule has 16 N–H and O–H groups in total. The number of hydrogen-bond donors (Lipinski definition) is 10. The molecule has 0 aromatic carbocycles. The number of nitrogens with zero attached hydrogens (tertiary/aromatic N) is 9. The van der Waals surface area contributed by atoms with E-state index < -0.39 is 64.2 Å². The van der Waals surface area contributed by atoms with Gasteiger partial charge in [0.2, 0.25) is 9.05 Å². The van der Waals surface area contributed by atoms with Crippen LogP contribution < -0.4 is 64.0 Å². The molecule has 0 radical (unpaired) electrons. The first kappa shape index (κ1) is 105. The SMILES string of the molecule is C.CS(=O)(=O)Cl.CS(=O)(=O)O[C@@H]1CCCC12CCC[C@H]2OS(C)(=O)=O.C[C@@H]1CCC[C@@]12CCC[C@@H]2OS(C)(=O)=O.N[C@@H]1CCCC12CCC[C@@H]2N.N[C@H]1CCCC12CCC[C@@H]2N.N[C@H]1CCCC12CCC[C@@H]2N.O[C@@H]1CCCC12CCC[C@@H]2O.O[C@@H]1CCCC12CCC[C@H]2O.[2H]CF.[HH].[N-]=[N+]=N[C@H]1CCCC12CCC[C@H]2N=[N+]=[N-].[N-]=[N+]=[N-].[Na+]. The van der Waals surface area contributed by atoms with Gasteiger partial charge in [-0.3, -0.25) is 21.9 Å². The van der Waals surface area contributed by atoms with Gasteiger partial charge >= 0.3 is 29.6 Å². The molecule has 0 heterocycles. The molecule has 0 amide bonds. The Morgan fingerprint density at radius 1 is 0.371 bits per heavy atom. The molecule has 16 fully saturated rings. The first-order valence-corrected chi connectivity index (χ1v) is 50.9. The van der Waals surface area contributed by atoms with Crippen LogP contribution in [0.4, 0.5) is 4.39 Å². The monoisotopic (exact) mass is 1760 g/mol. The van der Waals surface area contributed by atoms with Gasteiger partial charge in [0.05, 0.1) is 76.3 Å². The molecule has 3 unspecified atom stereocenters. The van der Waals surface area contributed by atoms with Crippen LogP contribution in [-0.4, -0.2) is 177 Å². The second-order valence-electron chi connectivity index (χ2n) is 36.8. The Morgan fingerprint density at radius 2 is 0.552 bits per heavy atom. The minimum Gasteiger partial charge on any atom is -0.392 e. The zero-order chi connectivity index (χ0) is 85.5. The van der Waals surface area contributed by atoms with E-state index >= 15 is 0 Å². The summed E-state index contributed by atoms with van der Waals surface area (Å²) in [6, 6.07) is 2.50. The van der Waals surface area contributed by atoms with Gasteiger partial charge in [0.1, 0.15) is 0 Å². The summed E-state index contributed by atoms with van der Waals surface area (Å²) in [5.41, 5.74) is 67.7. The summed E-state index contributed by atoms with van der Waals surface area (Å²) in [7, 11) is -10.1. The zero-order valence-corrected chi connectivity index (χ0v) is 76.1. The molecule has 0 aromatic rings. The quantitative estimate of drug-likeness (QED) is 0.0269. The molecule has 0 aliphatic heterocycles. The number of aliphatic hydroxyl groups is 4. The Balaban J connectivity index is 0.000000343. The maximum Gasteiger partial charge on any atom is 1.00 e. The first-order valence-electron chi connectivity index (χ1n) is 43.4. The van der Waals surface area contributed by atoms with Crippen molar-refractivity contribution in [2.45, 2.75) is 414 Å². The molecular formula is C79H152ClFN15NaO15S4. The van der Waals surface area contributed by atoms with Crippen molar-refractivity contribution in [2.75, 3.05) is 32.2 Å². The van der Waals surface area contributed by atoms with Crippen molar-refractivity contribution in [2.24, 2.45) is 93.9 Å². The van der Waals surface area contributed by atoms with E-state index in [2.05, 4.69) is 37.7 Å². The van der Waals surface area contributed by atoms with Crippen molar-refractivity contribution in [3.05, 3.63) is 36.9 Å². The molecule has 0 bridgehead atoms. The third-order valence-electron chi connectivity index (χ3n) is 30.8. The van der Waals surface area contributed by atoms with Gasteiger partial charge in [-0.05, 0) is 221 Å². The fraction of sp³-hybridized carbons (Fsp3) is 1.00. The number of hydrogen-bond acceptors (Lipinski definition) is 23. The van der Waals surface area contributed by atoms with E-state index in [0.29, 0.717) is 71.3 Å². The van der Waals surface area contributed by atoms with Crippen LogP contribution >= 0.6 is 10.7 Å². The summed E-state index contributed by atoms with van der Waals surface area (Å²) in [4.78, 5) is 7.34. The summed E-state index contributed by atoms with van der Waals surface area (Å²) >= 11 is 0. The third-order valence-corrected chi connectivity index (χ3v) is 32.6. The van der Waals surface area contributed by atoms with Crippen LogP contribution in [0, 0.1) is 49.2 Å². The van der Waals surface area contributed by atoms with E-state index in [1.807, 2.05) is 0 Å². The predicted molar refractivity (Wildman–Crippen MR) is 454 cm³/mol. The first-order chi connectivity index (χ1) is 54.0. The average molecular weight is 1760 g/mol. The summed E-state index contributed by atoms with van der Waals surface area (Å²) in [6.45, 7) is 2.25. The summed E-state index contributed by atoms with van der Waals surface area (Å²) in [5.74, 6) is 0.617. The van der Waals surface area contributed by atoms with Gasteiger partial charge in [-0.15, -0.1) is 0 Å².